The Hall–Kier alpha value is -0.900. The average molecular weight is 387 g/mol. The number of methoxy groups -OCH3 is 1. The zero-order chi connectivity index (χ0) is 15.0. The van der Waals surface area contributed by atoms with Crippen LogP contribution in [0.1, 0.15) is 11.1 Å². The van der Waals surface area contributed by atoms with Crippen molar-refractivity contribution in [3.8, 4) is 5.75 Å². The van der Waals surface area contributed by atoms with E-state index in [0.717, 1.165) is 33.8 Å². The standard InChI is InChI=1S/C16H14BrCl2NO/c1-21-16-14(17)7-12(19)8-15(16)20-13-5-9-2-3-11(18)4-10(9)6-13/h2-4,7-8,13,20H,5-6H2,1H3. The number of nitrogens with one attached hydrogen (secondary N) is 1. The number of halogens is 3. The largest absolute Gasteiger partial charge is 0.493 e. The van der Waals surface area contributed by atoms with Crippen LogP contribution in [0.2, 0.25) is 10.0 Å². The van der Waals surface area contributed by atoms with E-state index in [0.29, 0.717) is 11.1 Å². The van der Waals surface area contributed by atoms with Gasteiger partial charge in [0.1, 0.15) is 0 Å². The molecule has 0 amide bonds. The minimum atomic E-state index is 0.317. The molecule has 3 rings (SSSR count). The van der Waals surface area contributed by atoms with Crippen molar-refractivity contribution in [1.82, 2.24) is 0 Å². The van der Waals surface area contributed by atoms with Crippen molar-refractivity contribution in [3.05, 3.63) is 56.0 Å². The Morgan fingerprint density at radius 3 is 2.62 bits per heavy atom. The molecule has 0 radical (unpaired) electrons. The first-order valence-electron chi connectivity index (χ1n) is 6.63. The number of anilines is 1. The van der Waals surface area contributed by atoms with Gasteiger partial charge in [-0.25, -0.2) is 0 Å². The predicted molar refractivity (Wildman–Crippen MR) is 92.0 cm³/mol. The maximum atomic E-state index is 6.13. The van der Waals surface area contributed by atoms with Crippen LogP contribution in [0.25, 0.3) is 0 Å². The summed E-state index contributed by atoms with van der Waals surface area (Å²) in [4.78, 5) is 0. The predicted octanol–water partition coefficient (Wildman–Crippen LogP) is 5.34. The second-order valence-corrected chi connectivity index (χ2v) is 6.86. The number of rotatable bonds is 3. The van der Waals surface area contributed by atoms with E-state index in [9.17, 15) is 0 Å². The number of ether oxygens (including phenoxy) is 1. The monoisotopic (exact) mass is 385 g/mol. The molecule has 0 fully saturated rings. The van der Waals surface area contributed by atoms with Gasteiger partial charge in [-0.05, 0) is 64.2 Å². The van der Waals surface area contributed by atoms with Gasteiger partial charge in [0.2, 0.25) is 0 Å². The molecule has 5 heteroatoms. The van der Waals surface area contributed by atoms with Crippen LogP contribution in [0.3, 0.4) is 0 Å². The van der Waals surface area contributed by atoms with Crippen LogP contribution in [-0.4, -0.2) is 13.2 Å². The van der Waals surface area contributed by atoms with Gasteiger partial charge in [0.05, 0.1) is 17.3 Å². The van der Waals surface area contributed by atoms with Crippen LogP contribution in [0.15, 0.2) is 34.8 Å². The van der Waals surface area contributed by atoms with Crippen molar-refractivity contribution in [1.29, 1.82) is 0 Å². The first kappa shape index (κ1) is 15.0. The lowest BCUT2D eigenvalue weighted by Gasteiger charge is -2.18. The summed E-state index contributed by atoms with van der Waals surface area (Å²) in [7, 11) is 1.66. The summed E-state index contributed by atoms with van der Waals surface area (Å²) in [5.74, 6) is 0.772. The smallest absolute Gasteiger partial charge is 0.156 e. The van der Waals surface area contributed by atoms with Crippen LogP contribution in [0.4, 0.5) is 5.69 Å². The topological polar surface area (TPSA) is 21.3 Å². The zero-order valence-corrected chi connectivity index (χ0v) is 14.5. The molecule has 0 aromatic heterocycles. The zero-order valence-electron chi connectivity index (χ0n) is 11.4. The molecule has 1 atom stereocenters. The minimum Gasteiger partial charge on any atom is -0.493 e. The lowest BCUT2D eigenvalue weighted by Crippen LogP contribution is -2.20. The highest BCUT2D eigenvalue weighted by Crippen LogP contribution is 2.38. The fraction of sp³-hybridized carbons (Fsp3) is 0.250. The van der Waals surface area contributed by atoms with Crippen molar-refractivity contribution in [3.63, 3.8) is 0 Å². The number of fused-ring (bicyclic) bond motifs is 1. The van der Waals surface area contributed by atoms with Crippen LogP contribution < -0.4 is 10.1 Å². The van der Waals surface area contributed by atoms with Crippen molar-refractivity contribution < 1.29 is 4.74 Å². The van der Waals surface area contributed by atoms with E-state index >= 15 is 0 Å². The van der Waals surface area contributed by atoms with Gasteiger partial charge >= 0.3 is 0 Å². The highest BCUT2D eigenvalue weighted by Gasteiger charge is 2.23. The Morgan fingerprint density at radius 1 is 1.10 bits per heavy atom. The van der Waals surface area contributed by atoms with Crippen molar-refractivity contribution >= 4 is 44.8 Å². The van der Waals surface area contributed by atoms with E-state index in [4.69, 9.17) is 27.9 Å². The maximum Gasteiger partial charge on any atom is 0.156 e. The average Bonchev–Trinajstić information content (AvgIpc) is 2.79. The molecule has 0 bridgehead atoms. The molecule has 1 N–H and O–H groups in total. The molecule has 1 aliphatic carbocycles. The fourth-order valence-corrected chi connectivity index (χ4v) is 3.95. The number of hydrogen-bond acceptors (Lipinski definition) is 2. The Bertz CT molecular complexity index is 690. The second-order valence-electron chi connectivity index (χ2n) is 5.13. The van der Waals surface area contributed by atoms with Crippen molar-refractivity contribution in [2.24, 2.45) is 0 Å². The summed E-state index contributed by atoms with van der Waals surface area (Å²) in [5, 5.41) is 4.99. The molecule has 0 heterocycles. The van der Waals surface area contributed by atoms with Crippen LogP contribution >= 0.6 is 39.1 Å². The van der Waals surface area contributed by atoms with Gasteiger partial charge in [-0.3, -0.25) is 0 Å². The van der Waals surface area contributed by atoms with Gasteiger partial charge in [0.25, 0.3) is 0 Å². The molecule has 1 unspecified atom stereocenters. The molecule has 0 saturated carbocycles. The summed E-state index contributed by atoms with van der Waals surface area (Å²) in [6.07, 6.45) is 1.92. The summed E-state index contributed by atoms with van der Waals surface area (Å²) in [5.41, 5.74) is 3.55. The van der Waals surface area contributed by atoms with E-state index in [1.54, 1.807) is 7.11 Å². The molecule has 2 aromatic carbocycles. The van der Waals surface area contributed by atoms with Gasteiger partial charge < -0.3 is 10.1 Å². The van der Waals surface area contributed by atoms with Gasteiger partial charge in [0, 0.05) is 16.1 Å². The van der Waals surface area contributed by atoms with Gasteiger partial charge in [0.15, 0.2) is 5.75 Å². The van der Waals surface area contributed by atoms with Crippen LogP contribution in [0, 0.1) is 0 Å². The van der Waals surface area contributed by atoms with E-state index in [2.05, 4.69) is 27.3 Å². The van der Waals surface area contributed by atoms with Gasteiger partial charge in [-0.1, -0.05) is 29.3 Å². The minimum absolute atomic E-state index is 0.317. The third-order valence-corrected chi connectivity index (χ3v) is 4.72. The van der Waals surface area contributed by atoms with Crippen LogP contribution in [-0.2, 0) is 12.8 Å². The Labute approximate surface area is 142 Å². The first-order valence-corrected chi connectivity index (χ1v) is 8.18. The lowest BCUT2D eigenvalue weighted by molar-refractivity contribution is 0.413. The molecule has 0 aliphatic heterocycles. The summed E-state index contributed by atoms with van der Waals surface area (Å²) < 4.78 is 6.29. The molecular formula is C16H14BrCl2NO. The van der Waals surface area contributed by atoms with Gasteiger partial charge in [-0.2, -0.15) is 0 Å². The maximum absolute atomic E-state index is 6.13. The van der Waals surface area contributed by atoms with Crippen molar-refractivity contribution in [2.75, 3.05) is 12.4 Å². The highest BCUT2D eigenvalue weighted by molar-refractivity contribution is 9.10. The molecule has 2 aromatic rings. The lowest BCUT2D eigenvalue weighted by atomic mass is 10.1. The Kier molecular flexibility index (Phi) is 4.34. The molecule has 21 heavy (non-hydrogen) atoms. The molecule has 2 nitrogen and oxygen atoms in total. The molecule has 0 saturated heterocycles. The Morgan fingerprint density at radius 2 is 1.86 bits per heavy atom. The third-order valence-electron chi connectivity index (χ3n) is 3.67. The van der Waals surface area contributed by atoms with Gasteiger partial charge in [-0.15, -0.1) is 0 Å². The molecule has 1 aliphatic rings. The fourth-order valence-electron chi connectivity index (χ4n) is 2.78. The third kappa shape index (κ3) is 3.15. The molecule has 110 valence electrons. The van der Waals surface area contributed by atoms with E-state index in [1.807, 2.05) is 24.3 Å². The first-order chi connectivity index (χ1) is 10.1. The van der Waals surface area contributed by atoms with E-state index in [-0.39, 0.29) is 0 Å². The highest BCUT2D eigenvalue weighted by atomic mass is 79.9. The second kappa shape index (κ2) is 6.07. The van der Waals surface area contributed by atoms with E-state index in [1.165, 1.54) is 11.1 Å². The Balaban J connectivity index is 1.83. The summed E-state index contributed by atoms with van der Waals surface area (Å²) >= 11 is 15.7. The quantitative estimate of drug-likeness (QED) is 0.768. The normalized spacial score (nSPS) is 16.7. The summed E-state index contributed by atoms with van der Waals surface area (Å²) in [6.45, 7) is 0. The number of benzene rings is 2. The molecular weight excluding hydrogens is 373 g/mol. The van der Waals surface area contributed by atoms with E-state index < -0.39 is 0 Å². The van der Waals surface area contributed by atoms with Crippen LogP contribution in [0.5, 0.6) is 5.75 Å². The summed E-state index contributed by atoms with van der Waals surface area (Å²) in [6, 6.07) is 10.1. The number of hydrogen-bond donors (Lipinski definition) is 1. The van der Waals surface area contributed by atoms with Crippen molar-refractivity contribution in [2.45, 2.75) is 18.9 Å². The SMILES string of the molecule is COc1c(Br)cc(Cl)cc1NC1Cc2ccc(Cl)cc2C1. The molecule has 0 spiro atoms.